The van der Waals surface area contributed by atoms with Gasteiger partial charge >= 0.3 is 0 Å². The number of nitrogens with two attached hydrogens (primary N) is 1. The van der Waals surface area contributed by atoms with Crippen molar-refractivity contribution in [3.63, 3.8) is 0 Å². The first-order chi connectivity index (χ1) is 12.8. The van der Waals surface area contributed by atoms with Crippen LogP contribution >= 0.6 is 0 Å². The number of benzene rings is 1. The molecule has 0 atom stereocenters. The minimum atomic E-state index is -0.768. The maximum absolute atomic E-state index is 14.2. The van der Waals surface area contributed by atoms with E-state index in [9.17, 15) is 13.6 Å². The molecule has 0 fully saturated rings. The van der Waals surface area contributed by atoms with Crippen molar-refractivity contribution in [3.05, 3.63) is 59.0 Å². The number of carbonyl (C=O) groups is 1. The second-order valence-electron chi connectivity index (χ2n) is 5.86. The van der Waals surface area contributed by atoms with E-state index in [1.165, 1.54) is 25.3 Å². The molecule has 1 aromatic carbocycles. The molecule has 2 aromatic heterocycles. The van der Waals surface area contributed by atoms with Crippen molar-refractivity contribution in [3.8, 4) is 0 Å². The molecule has 0 saturated carbocycles. The Balaban J connectivity index is 1.87. The Labute approximate surface area is 153 Å². The molecule has 140 valence electrons. The average molecular weight is 373 g/mol. The molecule has 0 radical (unpaired) electrons. The van der Waals surface area contributed by atoms with Crippen LogP contribution in [0.15, 0.2) is 30.7 Å². The Morgan fingerprint density at radius 1 is 1.30 bits per heavy atom. The SMILES string of the molecule is Cc1ccc(F)c(CNc2nc(Nc3cnn(C)c3)ncc2C(N)=O)c1F. The number of aryl methyl sites for hydroxylation is 2. The zero-order valence-corrected chi connectivity index (χ0v) is 14.6. The maximum atomic E-state index is 14.2. The fourth-order valence-corrected chi connectivity index (χ4v) is 2.42. The smallest absolute Gasteiger partial charge is 0.254 e. The van der Waals surface area contributed by atoms with E-state index in [1.807, 2.05) is 0 Å². The molecule has 27 heavy (non-hydrogen) atoms. The predicted octanol–water partition coefficient (Wildman–Crippen LogP) is 2.25. The number of hydrogen-bond donors (Lipinski definition) is 3. The highest BCUT2D eigenvalue weighted by molar-refractivity contribution is 5.97. The number of halogens is 2. The average Bonchev–Trinajstić information content (AvgIpc) is 3.03. The van der Waals surface area contributed by atoms with Crippen LogP contribution in [0.4, 0.5) is 26.2 Å². The van der Waals surface area contributed by atoms with E-state index in [-0.39, 0.29) is 29.4 Å². The third kappa shape index (κ3) is 4.00. The molecular formula is C17H17F2N7O. The fraction of sp³-hybridized carbons (Fsp3) is 0.176. The summed E-state index contributed by atoms with van der Waals surface area (Å²) in [6.07, 6.45) is 4.51. The van der Waals surface area contributed by atoms with Gasteiger partial charge in [-0.3, -0.25) is 9.48 Å². The van der Waals surface area contributed by atoms with Gasteiger partial charge in [0.15, 0.2) is 0 Å². The molecule has 0 aliphatic heterocycles. The van der Waals surface area contributed by atoms with Gasteiger partial charge in [0.1, 0.15) is 17.5 Å². The number of nitrogens with one attached hydrogen (secondary N) is 2. The molecule has 0 saturated heterocycles. The molecule has 0 spiro atoms. The molecule has 1 amide bonds. The van der Waals surface area contributed by atoms with Crippen LogP contribution in [0.1, 0.15) is 21.5 Å². The van der Waals surface area contributed by atoms with Crippen LogP contribution in [-0.2, 0) is 13.6 Å². The predicted molar refractivity (Wildman–Crippen MR) is 95.5 cm³/mol. The number of rotatable bonds is 6. The summed E-state index contributed by atoms with van der Waals surface area (Å²) in [5.74, 6) is -1.90. The van der Waals surface area contributed by atoms with Crippen molar-refractivity contribution in [1.29, 1.82) is 0 Å². The van der Waals surface area contributed by atoms with Gasteiger partial charge in [0, 0.05) is 31.5 Å². The highest BCUT2D eigenvalue weighted by Gasteiger charge is 2.16. The van der Waals surface area contributed by atoms with Gasteiger partial charge in [-0.15, -0.1) is 0 Å². The lowest BCUT2D eigenvalue weighted by atomic mass is 10.1. The van der Waals surface area contributed by atoms with E-state index in [1.54, 1.807) is 24.1 Å². The van der Waals surface area contributed by atoms with Crippen LogP contribution in [0.2, 0.25) is 0 Å². The van der Waals surface area contributed by atoms with Gasteiger partial charge in [-0.2, -0.15) is 10.1 Å². The monoisotopic (exact) mass is 373 g/mol. The zero-order chi connectivity index (χ0) is 19.6. The molecule has 0 aliphatic carbocycles. The number of amides is 1. The lowest BCUT2D eigenvalue weighted by Gasteiger charge is -2.12. The van der Waals surface area contributed by atoms with Gasteiger partial charge in [0.25, 0.3) is 5.91 Å². The van der Waals surface area contributed by atoms with E-state index < -0.39 is 17.5 Å². The van der Waals surface area contributed by atoms with E-state index in [2.05, 4.69) is 25.7 Å². The minimum Gasteiger partial charge on any atom is -0.365 e. The van der Waals surface area contributed by atoms with Gasteiger partial charge in [0.2, 0.25) is 5.95 Å². The van der Waals surface area contributed by atoms with Crippen molar-refractivity contribution in [2.45, 2.75) is 13.5 Å². The zero-order valence-electron chi connectivity index (χ0n) is 14.6. The summed E-state index contributed by atoms with van der Waals surface area (Å²) in [6.45, 7) is 1.32. The van der Waals surface area contributed by atoms with Crippen LogP contribution in [0, 0.1) is 18.6 Å². The number of primary amides is 1. The van der Waals surface area contributed by atoms with Gasteiger partial charge in [-0.1, -0.05) is 6.07 Å². The lowest BCUT2D eigenvalue weighted by Crippen LogP contribution is -2.17. The largest absolute Gasteiger partial charge is 0.365 e. The molecule has 4 N–H and O–H groups in total. The van der Waals surface area contributed by atoms with Crippen molar-refractivity contribution in [2.75, 3.05) is 10.6 Å². The second kappa shape index (κ2) is 7.36. The van der Waals surface area contributed by atoms with E-state index in [4.69, 9.17) is 5.73 Å². The first-order valence-electron chi connectivity index (χ1n) is 7.95. The van der Waals surface area contributed by atoms with E-state index in [0.29, 0.717) is 11.3 Å². The number of anilines is 3. The molecule has 2 heterocycles. The number of aromatic nitrogens is 4. The summed E-state index contributed by atoms with van der Waals surface area (Å²) in [6, 6.07) is 2.53. The fourth-order valence-electron chi connectivity index (χ4n) is 2.42. The summed E-state index contributed by atoms with van der Waals surface area (Å²) in [5, 5.41) is 9.68. The van der Waals surface area contributed by atoms with Crippen molar-refractivity contribution in [2.24, 2.45) is 12.8 Å². The summed E-state index contributed by atoms with van der Waals surface area (Å²) < 4.78 is 29.7. The highest BCUT2D eigenvalue weighted by atomic mass is 19.1. The Hall–Kier alpha value is -3.56. The standard InChI is InChI=1S/C17H17F2N7O/c1-9-3-4-13(18)11(14(9)19)6-21-16-12(15(20)27)7-22-17(25-16)24-10-5-23-26(2)8-10/h3-5,7-8H,6H2,1-2H3,(H2,20,27)(H2,21,22,24,25). The van der Waals surface area contributed by atoms with Gasteiger partial charge < -0.3 is 16.4 Å². The summed E-state index contributed by atoms with van der Waals surface area (Å²) in [5.41, 5.74) is 6.11. The van der Waals surface area contributed by atoms with Gasteiger partial charge in [0.05, 0.1) is 17.4 Å². The quantitative estimate of drug-likeness (QED) is 0.611. The molecule has 8 nitrogen and oxygen atoms in total. The Morgan fingerprint density at radius 3 is 2.74 bits per heavy atom. The maximum Gasteiger partial charge on any atom is 0.254 e. The van der Waals surface area contributed by atoms with Gasteiger partial charge in [-0.05, 0) is 18.6 Å². The topological polar surface area (TPSA) is 111 Å². The molecule has 0 bridgehead atoms. The number of nitrogens with zero attached hydrogens (tertiary/aromatic N) is 4. The summed E-state index contributed by atoms with van der Waals surface area (Å²) in [7, 11) is 1.75. The first kappa shape index (κ1) is 18.2. The first-order valence-corrected chi connectivity index (χ1v) is 7.95. The van der Waals surface area contributed by atoms with Crippen LogP contribution in [-0.4, -0.2) is 25.7 Å². The molecule has 0 unspecified atom stereocenters. The number of carbonyl (C=O) groups excluding carboxylic acids is 1. The molecule has 10 heteroatoms. The van der Waals surface area contributed by atoms with Gasteiger partial charge in [-0.25, -0.2) is 13.8 Å². The molecular weight excluding hydrogens is 356 g/mol. The number of hydrogen-bond acceptors (Lipinski definition) is 6. The van der Waals surface area contributed by atoms with Crippen molar-refractivity contribution in [1.82, 2.24) is 19.7 Å². The third-order valence-corrected chi connectivity index (χ3v) is 3.83. The van der Waals surface area contributed by atoms with E-state index >= 15 is 0 Å². The summed E-state index contributed by atoms with van der Waals surface area (Å²) >= 11 is 0. The molecule has 3 aromatic rings. The van der Waals surface area contributed by atoms with Crippen LogP contribution in [0.3, 0.4) is 0 Å². The highest BCUT2D eigenvalue weighted by Crippen LogP contribution is 2.20. The Kier molecular flexibility index (Phi) is 4.97. The lowest BCUT2D eigenvalue weighted by molar-refractivity contribution is 0.100. The van der Waals surface area contributed by atoms with Crippen molar-refractivity contribution >= 4 is 23.4 Å². The minimum absolute atomic E-state index is 0.000191. The van der Waals surface area contributed by atoms with Crippen LogP contribution in [0.25, 0.3) is 0 Å². The molecule has 3 rings (SSSR count). The van der Waals surface area contributed by atoms with Crippen molar-refractivity contribution < 1.29 is 13.6 Å². The summed E-state index contributed by atoms with van der Waals surface area (Å²) in [4.78, 5) is 19.8. The Morgan fingerprint density at radius 2 is 2.07 bits per heavy atom. The second-order valence-corrected chi connectivity index (χ2v) is 5.86. The molecule has 0 aliphatic rings. The normalized spacial score (nSPS) is 10.7. The van der Waals surface area contributed by atoms with Crippen LogP contribution in [0.5, 0.6) is 0 Å². The third-order valence-electron chi connectivity index (χ3n) is 3.83. The Bertz CT molecular complexity index is 1000. The van der Waals surface area contributed by atoms with Crippen LogP contribution < -0.4 is 16.4 Å². The van der Waals surface area contributed by atoms with E-state index in [0.717, 1.165) is 0 Å².